The van der Waals surface area contributed by atoms with Gasteiger partial charge in [-0.15, -0.1) is 0 Å². The quantitative estimate of drug-likeness (QED) is 0.897. The molecule has 2 heterocycles. The molecule has 1 aromatic heterocycles. The summed E-state index contributed by atoms with van der Waals surface area (Å²) in [7, 11) is 3.90. The third-order valence-electron chi connectivity index (χ3n) is 3.66. The molecule has 5 nitrogen and oxygen atoms in total. The summed E-state index contributed by atoms with van der Waals surface area (Å²) in [6, 6.07) is 6.68. The fourth-order valence-corrected chi connectivity index (χ4v) is 2.50. The van der Waals surface area contributed by atoms with Gasteiger partial charge in [0.15, 0.2) is 0 Å². The minimum atomic E-state index is 0.244. The van der Waals surface area contributed by atoms with E-state index in [1.54, 1.807) is 6.33 Å². The van der Waals surface area contributed by atoms with Crippen molar-refractivity contribution in [1.82, 2.24) is 20.1 Å². The molecular weight excluding hydrogens is 240 g/mol. The lowest BCUT2D eigenvalue weighted by atomic mass is 10.00. The molecule has 0 spiro atoms. The molecule has 0 fully saturated rings. The van der Waals surface area contributed by atoms with E-state index in [4.69, 9.17) is 4.74 Å². The first-order chi connectivity index (χ1) is 9.28. The second-order valence-corrected chi connectivity index (χ2v) is 4.81. The molecule has 0 aliphatic carbocycles. The average Bonchev–Trinajstić information content (AvgIpc) is 3.04. The largest absolute Gasteiger partial charge is 0.493 e. The van der Waals surface area contributed by atoms with Crippen LogP contribution in [-0.4, -0.2) is 28.4 Å². The molecule has 0 bridgehead atoms. The highest BCUT2D eigenvalue weighted by Crippen LogP contribution is 2.28. The van der Waals surface area contributed by atoms with E-state index >= 15 is 0 Å². The van der Waals surface area contributed by atoms with Crippen molar-refractivity contribution >= 4 is 0 Å². The molecule has 2 aromatic rings. The number of ether oxygens (including phenoxy) is 1. The minimum absolute atomic E-state index is 0.244. The first-order valence-corrected chi connectivity index (χ1v) is 6.53. The van der Waals surface area contributed by atoms with E-state index in [-0.39, 0.29) is 6.04 Å². The average molecular weight is 258 g/mol. The van der Waals surface area contributed by atoms with Gasteiger partial charge in [0.05, 0.1) is 6.61 Å². The van der Waals surface area contributed by atoms with Crippen LogP contribution in [0.2, 0.25) is 0 Å². The van der Waals surface area contributed by atoms with Gasteiger partial charge in [0, 0.05) is 25.9 Å². The predicted octanol–water partition coefficient (Wildman–Crippen LogP) is 1.25. The van der Waals surface area contributed by atoms with Crippen molar-refractivity contribution in [2.45, 2.75) is 18.9 Å². The number of aromatic nitrogens is 3. The maximum atomic E-state index is 5.54. The van der Waals surface area contributed by atoms with Crippen LogP contribution in [0.4, 0.5) is 0 Å². The summed E-state index contributed by atoms with van der Waals surface area (Å²) in [5.74, 6) is 2.01. The zero-order valence-electron chi connectivity index (χ0n) is 11.3. The van der Waals surface area contributed by atoms with Crippen molar-refractivity contribution in [3.05, 3.63) is 41.5 Å². The molecule has 5 heteroatoms. The van der Waals surface area contributed by atoms with Gasteiger partial charge in [-0.25, -0.2) is 4.98 Å². The Kier molecular flexibility index (Phi) is 3.21. The number of aryl methyl sites for hydroxylation is 1. The minimum Gasteiger partial charge on any atom is -0.493 e. The highest BCUT2D eigenvalue weighted by Gasteiger charge is 2.17. The van der Waals surface area contributed by atoms with Gasteiger partial charge >= 0.3 is 0 Å². The summed E-state index contributed by atoms with van der Waals surface area (Å²) in [6.45, 7) is 0.798. The molecule has 3 rings (SSSR count). The van der Waals surface area contributed by atoms with Crippen LogP contribution in [0.15, 0.2) is 24.5 Å². The van der Waals surface area contributed by atoms with Gasteiger partial charge in [-0.05, 0) is 24.2 Å². The van der Waals surface area contributed by atoms with Crippen molar-refractivity contribution in [1.29, 1.82) is 0 Å². The lowest BCUT2D eigenvalue weighted by molar-refractivity contribution is 0.356. The maximum Gasteiger partial charge on any atom is 0.138 e. The summed E-state index contributed by atoms with van der Waals surface area (Å²) in [6.07, 6.45) is 3.43. The highest BCUT2D eigenvalue weighted by molar-refractivity contribution is 5.41. The Hall–Kier alpha value is -1.88. The molecule has 19 heavy (non-hydrogen) atoms. The molecule has 0 saturated carbocycles. The number of hydrogen-bond acceptors (Lipinski definition) is 4. The van der Waals surface area contributed by atoms with Gasteiger partial charge in [0.1, 0.15) is 17.9 Å². The van der Waals surface area contributed by atoms with Gasteiger partial charge in [-0.3, -0.25) is 4.68 Å². The Labute approximate surface area is 112 Å². The van der Waals surface area contributed by atoms with E-state index < -0.39 is 0 Å². The van der Waals surface area contributed by atoms with E-state index in [2.05, 4.69) is 33.6 Å². The topological polar surface area (TPSA) is 52.0 Å². The van der Waals surface area contributed by atoms with E-state index in [0.717, 1.165) is 31.0 Å². The molecule has 1 unspecified atom stereocenters. The molecule has 1 aromatic carbocycles. The van der Waals surface area contributed by atoms with Gasteiger partial charge in [0.25, 0.3) is 0 Å². The van der Waals surface area contributed by atoms with Gasteiger partial charge in [-0.1, -0.05) is 12.1 Å². The SMILES string of the molecule is CNC(Cc1ncnn1C)c1ccc2c(c1)CCO2. The monoisotopic (exact) mass is 258 g/mol. The number of likely N-dealkylation sites (N-methyl/N-ethyl adjacent to an activating group) is 1. The van der Waals surface area contributed by atoms with Crippen LogP contribution in [0, 0.1) is 0 Å². The highest BCUT2D eigenvalue weighted by atomic mass is 16.5. The van der Waals surface area contributed by atoms with E-state index in [9.17, 15) is 0 Å². The third kappa shape index (κ3) is 2.33. The van der Waals surface area contributed by atoms with E-state index in [1.807, 2.05) is 18.8 Å². The summed E-state index contributed by atoms with van der Waals surface area (Å²) in [5, 5.41) is 7.47. The first kappa shape index (κ1) is 12.2. The Bertz CT molecular complexity index is 579. The second kappa shape index (κ2) is 5.01. The Morgan fingerprint density at radius 1 is 1.47 bits per heavy atom. The maximum absolute atomic E-state index is 5.54. The summed E-state index contributed by atoms with van der Waals surface area (Å²) in [5.41, 5.74) is 2.57. The predicted molar refractivity (Wildman–Crippen MR) is 72.1 cm³/mol. The zero-order chi connectivity index (χ0) is 13.2. The third-order valence-corrected chi connectivity index (χ3v) is 3.66. The van der Waals surface area contributed by atoms with Gasteiger partial charge in [0.2, 0.25) is 0 Å². The molecule has 100 valence electrons. The standard InChI is InChI=1S/C14H18N4O/c1-15-12(8-14-16-9-17-18(14)2)10-3-4-13-11(7-10)5-6-19-13/h3-4,7,9,12,15H,5-6,8H2,1-2H3. The van der Waals surface area contributed by atoms with Crippen LogP contribution in [0.1, 0.15) is 23.0 Å². The summed E-state index contributed by atoms with van der Waals surface area (Å²) >= 11 is 0. The van der Waals surface area contributed by atoms with Crippen LogP contribution in [0.3, 0.4) is 0 Å². The lowest BCUT2D eigenvalue weighted by Gasteiger charge is -2.17. The Morgan fingerprint density at radius 3 is 3.11 bits per heavy atom. The van der Waals surface area contributed by atoms with E-state index in [1.165, 1.54) is 11.1 Å². The Balaban J connectivity index is 1.84. The van der Waals surface area contributed by atoms with Crippen LogP contribution in [-0.2, 0) is 19.9 Å². The number of nitrogens with one attached hydrogen (secondary N) is 1. The van der Waals surface area contributed by atoms with Crippen LogP contribution in [0.5, 0.6) is 5.75 Å². The number of nitrogens with zero attached hydrogens (tertiary/aromatic N) is 3. The van der Waals surface area contributed by atoms with Crippen molar-refractivity contribution in [3.8, 4) is 5.75 Å². The molecule has 1 aliphatic heterocycles. The molecule has 0 saturated heterocycles. The molecule has 0 radical (unpaired) electrons. The van der Waals surface area contributed by atoms with Gasteiger partial charge < -0.3 is 10.1 Å². The summed E-state index contributed by atoms with van der Waals surface area (Å²) < 4.78 is 7.37. The first-order valence-electron chi connectivity index (χ1n) is 6.53. The van der Waals surface area contributed by atoms with Crippen molar-refractivity contribution in [3.63, 3.8) is 0 Å². The van der Waals surface area contributed by atoms with E-state index in [0.29, 0.717) is 0 Å². The zero-order valence-corrected chi connectivity index (χ0v) is 11.3. The van der Waals surface area contributed by atoms with Crippen LogP contribution >= 0.6 is 0 Å². The number of rotatable bonds is 4. The van der Waals surface area contributed by atoms with Crippen molar-refractivity contribution in [2.75, 3.05) is 13.7 Å². The van der Waals surface area contributed by atoms with Crippen molar-refractivity contribution in [2.24, 2.45) is 7.05 Å². The molecule has 1 N–H and O–H groups in total. The number of benzene rings is 1. The molecule has 1 atom stereocenters. The van der Waals surface area contributed by atoms with Crippen LogP contribution in [0.25, 0.3) is 0 Å². The lowest BCUT2D eigenvalue weighted by Crippen LogP contribution is -2.20. The molecule has 0 amide bonds. The molecule has 1 aliphatic rings. The normalized spacial score (nSPS) is 15.1. The van der Waals surface area contributed by atoms with Gasteiger partial charge in [-0.2, -0.15) is 5.10 Å². The molecular formula is C14H18N4O. The summed E-state index contributed by atoms with van der Waals surface area (Å²) in [4.78, 5) is 4.29. The Morgan fingerprint density at radius 2 is 2.37 bits per heavy atom. The smallest absolute Gasteiger partial charge is 0.138 e. The fourth-order valence-electron chi connectivity index (χ4n) is 2.50. The second-order valence-electron chi connectivity index (χ2n) is 4.81. The number of fused-ring (bicyclic) bond motifs is 1. The van der Waals surface area contributed by atoms with Crippen LogP contribution < -0.4 is 10.1 Å². The van der Waals surface area contributed by atoms with Crippen molar-refractivity contribution < 1.29 is 4.74 Å². The number of hydrogen-bond donors (Lipinski definition) is 1. The fraction of sp³-hybridized carbons (Fsp3) is 0.429.